The maximum Gasteiger partial charge on any atom is 0.137 e. The van der Waals surface area contributed by atoms with Crippen molar-refractivity contribution in [2.75, 3.05) is 13.7 Å². The van der Waals surface area contributed by atoms with E-state index in [4.69, 9.17) is 4.74 Å². The van der Waals surface area contributed by atoms with Gasteiger partial charge in [0, 0.05) is 23.6 Å². The lowest BCUT2D eigenvalue weighted by molar-refractivity contribution is 0.338. The number of hydrogen-bond donors (Lipinski definition) is 1. The molecule has 3 rings (SSSR count). The summed E-state index contributed by atoms with van der Waals surface area (Å²) in [5.41, 5.74) is 1.53. The van der Waals surface area contributed by atoms with Crippen LogP contribution in [-0.4, -0.2) is 34.5 Å². The fraction of sp³-hybridized carbons (Fsp3) is 0.556. The summed E-state index contributed by atoms with van der Waals surface area (Å²) in [6, 6.07) is 8.83. The summed E-state index contributed by atoms with van der Waals surface area (Å²) >= 11 is 0. The summed E-state index contributed by atoms with van der Waals surface area (Å²) in [5, 5.41) is 7.89. The molecule has 1 aliphatic rings. The molecule has 0 radical (unpaired) electrons. The van der Waals surface area contributed by atoms with E-state index in [2.05, 4.69) is 40.5 Å². The molecule has 1 fully saturated rings. The molecule has 0 saturated heterocycles. The summed E-state index contributed by atoms with van der Waals surface area (Å²) in [5.74, 6) is 1.01. The number of rotatable bonds is 7. The van der Waals surface area contributed by atoms with Gasteiger partial charge in [0.15, 0.2) is 0 Å². The molecule has 1 N–H and O–H groups in total. The predicted octanol–water partition coefficient (Wildman–Crippen LogP) is 2.78. The Morgan fingerprint density at radius 2 is 2.09 bits per heavy atom. The van der Waals surface area contributed by atoms with Gasteiger partial charge in [-0.25, -0.2) is 4.98 Å². The number of aromatic nitrogens is 3. The van der Waals surface area contributed by atoms with Crippen LogP contribution >= 0.6 is 0 Å². The molecule has 5 heteroatoms. The highest BCUT2D eigenvalue weighted by Gasteiger charge is 2.37. The molecular weight excluding hydrogens is 288 g/mol. The molecule has 1 aromatic carbocycles. The van der Waals surface area contributed by atoms with Crippen LogP contribution in [0.25, 0.3) is 0 Å². The zero-order valence-corrected chi connectivity index (χ0v) is 14.0. The van der Waals surface area contributed by atoms with E-state index >= 15 is 0 Å². The number of benzene rings is 1. The van der Waals surface area contributed by atoms with Gasteiger partial charge in [-0.05, 0) is 25.8 Å². The van der Waals surface area contributed by atoms with Crippen LogP contribution in [0.4, 0.5) is 0 Å². The first-order chi connectivity index (χ1) is 11.2. The first kappa shape index (κ1) is 16.0. The van der Waals surface area contributed by atoms with Crippen molar-refractivity contribution >= 4 is 0 Å². The van der Waals surface area contributed by atoms with Crippen molar-refractivity contribution in [3.8, 4) is 5.75 Å². The third kappa shape index (κ3) is 3.55. The number of hydrogen-bond acceptors (Lipinski definition) is 4. The Morgan fingerprint density at radius 3 is 2.78 bits per heavy atom. The zero-order valence-electron chi connectivity index (χ0n) is 14.0. The van der Waals surface area contributed by atoms with Gasteiger partial charge in [0.05, 0.1) is 13.7 Å². The van der Waals surface area contributed by atoms with E-state index in [0.717, 1.165) is 18.8 Å². The third-order valence-electron chi connectivity index (χ3n) is 4.96. The minimum Gasteiger partial charge on any atom is -0.496 e. The topological polar surface area (TPSA) is 52.0 Å². The fourth-order valence-electron chi connectivity index (χ4n) is 3.72. The van der Waals surface area contributed by atoms with Gasteiger partial charge in [-0.2, -0.15) is 5.10 Å². The van der Waals surface area contributed by atoms with E-state index in [-0.39, 0.29) is 5.41 Å². The standard InChI is InChI=1S/C18H26N4O/c1-15(11-22-14-19-13-21-22)20-12-18(9-5-6-10-18)16-7-3-4-8-17(16)23-2/h3-4,7-8,13-15,20H,5-6,9-12H2,1-2H3. The van der Waals surface area contributed by atoms with E-state index < -0.39 is 0 Å². The van der Waals surface area contributed by atoms with Gasteiger partial charge in [0.1, 0.15) is 18.4 Å². The lowest BCUT2D eigenvalue weighted by Gasteiger charge is -2.32. The Kier molecular flexibility index (Phi) is 4.96. The van der Waals surface area contributed by atoms with E-state index in [1.54, 1.807) is 19.8 Å². The second-order valence-electron chi connectivity index (χ2n) is 6.59. The van der Waals surface area contributed by atoms with E-state index in [1.165, 1.54) is 31.2 Å². The second-order valence-corrected chi connectivity index (χ2v) is 6.59. The molecule has 1 saturated carbocycles. The number of ether oxygens (including phenoxy) is 1. The largest absolute Gasteiger partial charge is 0.496 e. The average molecular weight is 314 g/mol. The highest BCUT2D eigenvalue weighted by molar-refractivity contribution is 5.40. The van der Waals surface area contributed by atoms with Gasteiger partial charge in [0.2, 0.25) is 0 Å². The van der Waals surface area contributed by atoms with Crippen LogP contribution in [0.1, 0.15) is 38.2 Å². The van der Waals surface area contributed by atoms with Gasteiger partial charge < -0.3 is 10.1 Å². The summed E-state index contributed by atoms with van der Waals surface area (Å²) in [6.07, 6.45) is 8.37. The van der Waals surface area contributed by atoms with Gasteiger partial charge in [-0.1, -0.05) is 31.0 Å². The lowest BCUT2D eigenvalue weighted by atomic mass is 9.78. The first-order valence-electron chi connectivity index (χ1n) is 8.43. The molecular formula is C18H26N4O. The predicted molar refractivity (Wildman–Crippen MR) is 90.6 cm³/mol. The van der Waals surface area contributed by atoms with Gasteiger partial charge in [-0.15, -0.1) is 0 Å². The quantitative estimate of drug-likeness (QED) is 0.854. The van der Waals surface area contributed by atoms with Gasteiger partial charge >= 0.3 is 0 Å². The number of methoxy groups -OCH3 is 1. The molecule has 1 atom stereocenters. The Balaban J connectivity index is 1.71. The molecule has 1 aliphatic carbocycles. The Hall–Kier alpha value is -1.88. The SMILES string of the molecule is COc1ccccc1C1(CNC(C)Cn2cncn2)CCCC1. The van der Waals surface area contributed by atoms with Gasteiger partial charge in [-0.3, -0.25) is 4.68 Å². The highest BCUT2D eigenvalue weighted by Crippen LogP contribution is 2.44. The van der Waals surface area contributed by atoms with Crippen molar-refractivity contribution in [2.24, 2.45) is 0 Å². The Morgan fingerprint density at radius 1 is 1.30 bits per heavy atom. The molecule has 0 amide bonds. The second kappa shape index (κ2) is 7.13. The van der Waals surface area contributed by atoms with E-state index in [0.29, 0.717) is 6.04 Å². The molecule has 0 bridgehead atoms. The lowest BCUT2D eigenvalue weighted by Crippen LogP contribution is -2.41. The summed E-state index contributed by atoms with van der Waals surface area (Å²) in [4.78, 5) is 4.00. The van der Waals surface area contributed by atoms with Crippen LogP contribution < -0.4 is 10.1 Å². The average Bonchev–Trinajstić information content (AvgIpc) is 3.25. The molecule has 1 unspecified atom stereocenters. The summed E-state index contributed by atoms with van der Waals surface area (Å²) in [7, 11) is 1.77. The fourth-order valence-corrected chi connectivity index (χ4v) is 3.72. The van der Waals surface area contributed by atoms with Crippen molar-refractivity contribution < 1.29 is 4.74 Å². The smallest absolute Gasteiger partial charge is 0.137 e. The molecule has 5 nitrogen and oxygen atoms in total. The minimum atomic E-state index is 0.184. The van der Waals surface area contributed by atoms with Crippen LogP contribution in [0.5, 0.6) is 5.75 Å². The van der Waals surface area contributed by atoms with Crippen molar-refractivity contribution in [3.05, 3.63) is 42.5 Å². The normalized spacial score (nSPS) is 18.0. The third-order valence-corrected chi connectivity index (χ3v) is 4.96. The first-order valence-corrected chi connectivity index (χ1v) is 8.43. The van der Waals surface area contributed by atoms with Crippen molar-refractivity contribution in [2.45, 2.75) is 50.6 Å². The van der Waals surface area contributed by atoms with Crippen molar-refractivity contribution in [1.29, 1.82) is 0 Å². The maximum atomic E-state index is 5.62. The molecule has 1 aromatic heterocycles. The monoisotopic (exact) mass is 314 g/mol. The van der Waals surface area contributed by atoms with Crippen LogP contribution in [0, 0.1) is 0 Å². The Bertz CT molecular complexity index is 605. The summed E-state index contributed by atoms with van der Waals surface area (Å²) in [6.45, 7) is 4.01. The van der Waals surface area contributed by atoms with Crippen molar-refractivity contribution in [1.82, 2.24) is 20.1 Å². The van der Waals surface area contributed by atoms with Gasteiger partial charge in [0.25, 0.3) is 0 Å². The van der Waals surface area contributed by atoms with Crippen LogP contribution in [-0.2, 0) is 12.0 Å². The number of nitrogens with one attached hydrogen (secondary N) is 1. The molecule has 2 aromatic rings. The van der Waals surface area contributed by atoms with E-state index in [1.807, 2.05) is 10.7 Å². The molecule has 0 aliphatic heterocycles. The summed E-state index contributed by atoms with van der Waals surface area (Å²) < 4.78 is 7.50. The Labute approximate surface area is 138 Å². The number of para-hydroxylation sites is 1. The van der Waals surface area contributed by atoms with E-state index in [9.17, 15) is 0 Å². The van der Waals surface area contributed by atoms with Crippen molar-refractivity contribution in [3.63, 3.8) is 0 Å². The van der Waals surface area contributed by atoms with Crippen LogP contribution in [0.2, 0.25) is 0 Å². The molecule has 0 spiro atoms. The van der Waals surface area contributed by atoms with Crippen LogP contribution in [0.3, 0.4) is 0 Å². The molecule has 23 heavy (non-hydrogen) atoms. The number of nitrogens with zero attached hydrogens (tertiary/aromatic N) is 3. The molecule has 1 heterocycles. The maximum absolute atomic E-state index is 5.62. The van der Waals surface area contributed by atoms with Crippen LogP contribution in [0.15, 0.2) is 36.9 Å². The minimum absolute atomic E-state index is 0.184. The molecule has 124 valence electrons. The highest BCUT2D eigenvalue weighted by atomic mass is 16.5. The zero-order chi connectivity index (χ0) is 16.1.